The molecule has 0 saturated heterocycles. The summed E-state index contributed by atoms with van der Waals surface area (Å²) in [6.45, 7) is 1.70. The summed E-state index contributed by atoms with van der Waals surface area (Å²) in [4.78, 5) is 24.8. The van der Waals surface area contributed by atoms with Gasteiger partial charge in [-0.1, -0.05) is 0 Å². The van der Waals surface area contributed by atoms with Crippen molar-refractivity contribution in [1.29, 1.82) is 5.26 Å². The zero-order valence-electron chi connectivity index (χ0n) is 15.7. The average molecular weight is 461 g/mol. The molecule has 29 heavy (non-hydrogen) atoms. The number of carbonyl (C=O) groups excluding carboxylic acids is 1. The Balaban J connectivity index is 1.73. The molecule has 10 heteroatoms. The number of amides is 1. The molecule has 1 aromatic heterocycles. The maximum atomic E-state index is 12.5. The molecule has 0 unspecified atom stereocenters. The van der Waals surface area contributed by atoms with Gasteiger partial charge in [0.05, 0.1) is 12.8 Å². The summed E-state index contributed by atoms with van der Waals surface area (Å²) in [7, 11) is 1.48. The van der Waals surface area contributed by atoms with Crippen LogP contribution in [0.2, 0.25) is 0 Å². The number of methoxy groups -OCH3 is 1. The molecule has 150 valence electrons. The summed E-state index contributed by atoms with van der Waals surface area (Å²) >= 11 is 3.40. The van der Waals surface area contributed by atoms with E-state index in [0.29, 0.717) is 28.3 Å². The predicted molar refractivity (Wildman–Crippen MR) is 107 cm³/mol. The van der Waals surface area contributed by atoms with Crippen LogP contribution in [0.3, 0.4) is 0 Å². The highest BCUT2D eigenvalue weighted by Crippen LogP contribution is 2.36. The Morgan fingerprint density at radius 1 is 1.41 bits per heavy atom. The molecule has 1 N–H and O–H groups in total. The topological polar surface area (TPSA) is 115 Å². The largest absolute Gasteiger partial charge is 0.454 e. The second-order valence-electron chi connectivity index (χ2n) is 6.14. The molecule has 0 saturated carbocycles. The molecule has 0 aliphatic carbocycles. The Labute approximate surface area is 174 Å². The zero-order valence-corrected chi connectivity index (χ0v) is 17.3. The number of halogens is 1. The lowest BCUT2D eigenvalue weighted by molar-refractivity contribution is -0.121. The lowest BCUT2D eigenvalue weighted by Gasteiger charge is -2.12. The number of nitrogens with zero attached hydrogens (tertiary/aromatic N) is 3. The smallest absolute Gasteiger partial charge is 0.269 e. The summed E-state index contributed by atoms with van der Waals surface area (Å²) < 4.78 is 17.5. The Bertz CT molecular complexity index is 1090. The standard InChI is InChI=1S/C19H17BrN4O5/c1-11-3-13(9-27-2)14(6-21)19(26)24(11)8-18(25)23-22-7-12-4-16-17(5-15(12)20)29-10-28-16/h3-5,7H,8-10H2,1-2H3,(H,23,25). The minimum absolute atomic E-state index is 0.0435. The second-order valence-corrected chi connectivity index (χ2v) is 7.00. The third-order valence-electron chi connectivity index (χ3n) is 4.19. The fourth-order valence-electron chi connectivity index (χ4n) is 2.80. The van der Waals surface area contributed by atoms with Gasteiger partial charge in [0.25, 0.3) is 11.5 Å². The highest BCUT2D eigenvalue weighted by atomic mass is 79.9. The number of aryl methyl sites for hydroxylation is 1. The van der Waals surface area contributed by atoms with Gasteiger partial charge in [-0.3, -0.25) is 9.59 Å². The van der Waals surface area contributed by atoms with Gasteiger partial charge in [-0.2, -0.15) is 10.4 Å². The Kier molecular flexibility index (Phi) is 6.31. The summed E-state index contributed by atoms with van der Waals surface area (Å²) in [5.74, 6) is 0.702. The molecule has 1 aliphatic rings. The van der Waals surface area contributed by atoms with Crippen LogP contribution in [0.5, 0.6) is 11.5 Å². The maximum absolute atomic E-state index is 12.5. The molecule has 0 spiro atoms. The van der Waals surface area contributed by atoms with Gasteiger partial charge >= 0.3 is 0 Å². The van der Waals surface area contributed by atoms with Crippen LogP contribution in [0.1, 0.15) is 22.4 Å². The number of pyridine rings is 1. The Hall–Kier alpha value is -3.16. The van der Waals surface area contributed by atoms with E-state index in [2.05, 4.69) is 26.5 Å². The molecule has 0 radical (unpaired) electrons. The van der Waals surface area contributed by atoms with Crippen LogP contribution >= 0.6 is 15.9 Å². The van der Waals surface area contributed by atoms with Crippen molar-refractivity contribution in [2.45, 2.75) is 20.1 Å². The van der Waals surface area contributed by atoms with Gasteiger partial charge in [0.2, 0.25) is 6.79 Å². The van der Waals surface area contributed by atoms with E-state index in [4.69, 9.17) is 14.2 Å². The van der Waals surface area contributed by atoms with Crippen molar-refractivity contribution in [1.82, 2.24) is 9.99 Å². The number of fused-ring (bicyclic) bond motifs is 1. The van der Waals surface area contributed by atoms with Crippen LogP contribution in [0, 0.1) is 18.3 Å². The molecular weight excluding hydrogens is 444 g/mol. The lowest BCUT2D eigenvalue weighted by Crippen LogP contribution is -2.33. The maximum Gasteiger partial charge on any atom is 0.269 e. The van der Waals surface area contributed by atoms with Crippen LogP contribution < -0.4 is 20.5 Å². The van der Waals surface area contributed by atoms with E-state index in [1.165, 1.54) is 17.9 Å². The van der Waals surface area contributed by atoms with E-state index < -0.39 is 11.5 Å². The molecule has 0 fully saturated rings. The van der Waals surface area contributed by atoms with Crippen molar-refractivity contribution in [2.24, 2.45) is 5.10 Å². The van der Waals surface area contributed by atoms with E-state index >= 15 is 0 Å². The molecule has 0 atom stereocenters. The summed E-state index contributed by atoms with van der Waals surface area (Å²) in [6, 6.07) is 7.01. The SMILES string of the molecule is COCc1cc(C)n(CC(=O)NN=Cc2cc3c(cc2Br)OCO3)c(=O)c1C#N. The zero-order chi connectivity index (χ0) is 21.0. The number of hydrazone groups is 1. The molecule has 0 bridgehead atoms. The predicted octanol–water partition coefficient (Wildman–Crippen LogP) is 1.82. The van der Waals surface area contributed by atoms with Gasteiger partial charge in [0.15, 0.2) is 11.5 Å². The third-order valence-corrected chi connectivity index (χ3v) is 4.87. The van der Waals surface area contributed by atoms with Gasteiger partial charge in [-0.05, 0) is 41.1 Å². The highest BCUT2D eigenvalue weighted by Gasteiger charge is 2.16. The van der Waals surface area contributed by atoms with E-state index in [1.807, 2.05) is 6.07 Å². The van der Waals surface area contributed by atoms with Gasteiger partial charge in [0, 0.05) is 28.4 Å². The van der Waals surface area contributed by atoms with Gasteiger partial charge < -0.3 is 18.8 Å². The van der Waals surface area contributed by atoms with Crippen LogP contribution in [0.4, 0.5) is 0 Å². The minimum atomic E-state index is -0.544. The van der Waals surface area contributed by atoms with E-state index in [0.717, 1.165) is 4.47 Å². The number of rotatable bonds is 6. The van der Waals surface area contributed by atoms with E-state index in [-0.39, 0.29) is 25.5 Å². The molecule has 3 rings (SSSR count). The molecule has 1 amide bonds. The molecule has 2 aromatic rings. The number of hydrogen-bond donors (Lipinski definition) is 1. The lowest BCUT2D eigenvalue weighted by atomic mass is 10.1. The highest BCUT2D eigenvalue weighted by molar-refractivity contribution is 9.10. The van der Waals surface area contributed by atoms with Crippen LogP contribution in [0.15, 0.2) is 32.6 Å². The number of benzene rings is 1. The monoisotopic (exact) mass is 460 g/mol. The summed E-state index contributed by atoms with van der Waals surface area (Å²) in [5, 5.41) is 13.2. The molecule has 9 nitrogen and oxygen atoms in total. The molecule has 1 aliphatic heterocycles. The quantitative estimate of drug-likeness (QED) is 0.519. The number of aromatic nitrogens is 1. The minimum Gasteiger partial charge on any atom is -0.454 e. The van der Waals surface area contributed by atoms with Crippen LogP contribution in [-0.2, 0) is 22.7 Å². The van der Waals surface area contributed by atoms with Crippen molar-refractivity contribution < 1.29 is 19.0 Å². The first-order valence-corrected chi connectivity index (χ1v) is 9.27. The number of carbonyl (C=O) groups is 1. The normalized spacial score (nSPS) is 12.2. The van der Waals surface area contributed by atoms with Gasteiger partial charge in [-0.15, -0.1) is 0 Å². The van der Waals surface area contributed by atoms with Crippen LogP contribution in [-0.4, -0.2) is 30.6 Å². The van der Waals surface area contributed by atoms with Crippen LogP contribution in [0.25, 0.3) is 0 Å². The molecular formula is C19H17BrN4O5. The first kappa shape index (κ1) is 20.6. The summed E-state index contributed by atoms with van der Waals surface area (Å²) in [5.41, 5.74) is 3.49. The fourth-order valence-corrected chi connectivity index (χ4v) is 3.23. The third kappa shape index (κ3) is 4.47. The van der Waals surface area contributed by atoms with Gasteiger partial charge in [0.1, 0.15) is 18.2 Å². The van der Waals surface area contributed by atoms with E-state index in [9.17, 15) is 14.9 Å². The average Bonchev–Trinajstić information content (AvgIpc) is 3.13. The number of ether oxygens (including phenoxy) is 3. The van der Waals surface area contributed by atoms with Crippen molar-refractivity contribution >= 4 is 28.1 Å². The second kappa shape index (κ2) is 8.89. The molecule has 2 heterocycles. The summed E-state index contributed by atoms with van der Waals surface area (Å²) in [6.07, 6.45) is 1.45. The Morgan fingerprint density at radius 3 is 2.83 bits per heavy atom. The molecule has 1 aromatic carbocycles. The fraction of sp³-hybridized carbons (Fsp3) is 0.263. The van der Waals surface area contributed by atoms with Crippen molar-refractivity contribution in [3.05, 3.63) is 55.4 Å². The van der Waals surface area contributed by atoms with Gasteiger partial charge in [-0.25, -0.2) is 5.43 Å². The first-order chi connectivity index (χ1) is 13.9. The first-order valence-electron chi connectivity index (χ1n) is 8.48. The Morgan fingerprint density at radius 2 is 2.14 bits per heavy atom. The number of hydrogen-bond acceptors (Lipinski definition) is 7. The number of nitrogens with one attached hydrogen (secondary N) is 1. The van der Waals surface area contributed by atoms with Crippen molar-refractivity contribution in [3.8, 4) is 17.6 Å². The van der Waals surface area contributed by atoms with Crippen molar-refractivity contribution in [2.75, 3.05) is 13.9 Å². The van der Waals surface area contributed by atoms with Crippen molar-refractivity contribution in [3.63, 3.8) is 0 Å². The number of nitriles is 1. The van der Waals surface area contributed by atoms with E-state index in [1.54, 1.807) is 25.1 Å².